The van der Waals surface area contributed by atoms with Crippen molar-refractivity contribution in [2.75, 3.05) is 39.5 Å². The number of fused-ring (bicyclic) bond motifs is 1. The number of rotatable bonds is 2. The van der Waals surface area contributed by atoms with Gasteiger partial charge in [-0.2, -0.15) is 4.31 Å². The highest BCUT2D eigenvalue weighted by molar-refractivity contribution is 7.88. The van der Waals surface area contributed by atoms with E-state index in [2.05, 4.69) is 17.0 Å². The Morgan fingerprint density at radius 1 is 1.09 bits per heavy atom. The zero-order valence-electron chi connectivity index (χ0n) is 13.6. The minimum absolute atomic E-state index is 0.107. The standard InChI is InChI=1S/C16H23N3O3S/c1-17-12-14-6-4-3-5-13(14)11-15(17)16(20)18-7-9-19(10-8-18)23(2,21)22/h3-6,15H,7-12H2,1-2H3/t15-/m1/s1. The lowest BCUT2D eigenvalue weighted by Crippen LogP contribution is -2.56. The molecule has 0 spiro atoms. The van der Waals surface area contributed by atoms with Gasteiger partial charge in [0.25, 0.3) is 0 Å². The summed E-state index contributed by atoms with van der Waals surface area (Å²) < 4.78 is 24.6. The van der Waals surface area contributed by atoms with Gasteiger partial charge in [0.1, 0.15) is 0 Å². The van der Waals surface area contributed by atoms with Crippen LogP contribution < -0.4 is 0 Å². The molecule has 1 amide bonds. The molecule has 0 bridgehead atoms. The Morgan fingerprint density at radius 2 is 1.70 bits per heavy atom. The lowest BCUT2D eigenvalue weighted by molar-refractivity contribution is -0.138. The Kier molecular flexibility index (Phi) is 4.44. The van der Waals surface area contributed by atoms with E-state index in [9.17, 15) is 13.2 Å². The SMILES string of the molecule is CN1Cc2ccccc2C[C@@H]1C(=O)N1CCN(S(C)(=O)=O)CC1. The first-order chi connectivity index (χ1) is 10.9. The highest BCUT2D eigenvalue weighted by Gasteiger charge is 2.34. The van der Waals surface area contributed by atoms with Crippen LogP contribution in [0, 0.1) is 0 Å². The summed E-state index contributed by atoms with van der Waals surface area (Å²) in [6.07, 6.45) is 1.94. The molecule has 1 fully saturated rings. The number of benzene rings is 1. The van der Waals surface area contributed by atoms with Gasteiger partial charge in [-0.15, -0.1) is 0 Å². The van der Waals surface area contributed by atoms with Gasteiger partial charge in [0.15, 0.2) is 0 Å². The van der Waals surface area contributed by atoms with Crippen LogP contribution in [0.15, 0.2) is 24.3 Å². The summed E-state index contributed by atoms with van der Waals surface area (Å²) in [5, 5.41) is 0. The summed E-state index contributed by atoms with van der Waals surface area (Å²) >= 11 is 0. The number of nitrogens with zero attached hydrogens (tertiary/aromatic N) is 3. The fourth-order valence-electron chi connectivity index (χ4n) is 3.38. The first-order valence-corrected chi connectivity index (χ1v) is 9.72. The van der Waals surface area contributed by atoms with Crippen LogP contribution in [-0.2, 0) is 27.8 Å². The lowest BCUT2D eigenvalue weighted by atomic mass is 9.93. The molecule has 23 heavy (non-hydrogen) atoms. The highest BCUT2D eigenvalue weighted by Crippen LogP contribution is 2.23. The third-order valence-corrected chi connectivity index (χ3v) is 6.09. The second kappa shape index (κ2) is 6.22. The largest absolute Gasteiger partial charge is 0.339 e. The van der Waals surface area contributed by atoms with Crippen molar-refractivity contribution in [3.63, 3.8) is 0 Å². The molecule has 6 nitrogen and oxygen atoms in total. The van der Waals surface area contributed by atoms with Gasteiger partial charge < -0.3 is 4.90 Å². The van der Waals surface area contributed by atoms with Crippen molar-refractivity contribution in [2.24, 2.45) is 0 Å². The van der Waals surface area contributed by atoms with Gasteiger partial charge in [0.05, 0.1) is 12.3 Å². The van der Waals surface area contributed by atoms with E-state index < -0.39 is 10.0 Å². The fraction of sp³-hybridized carbons (Fsp3) is 0.562. The molecule has 0 saturated carbocycles. The molecule has 1 aromatic rings. The normalized spacial score (nSPS) is 23.6. The molecule has 3 rings (SSSR count). The molecule has 1 atom stereocenters. The van der Waals surface area contributed by atoms with Crippen LogP contribution in [0.3, 0.4) is 0 Å². The maximum absolute atomic E-state index is 12.8. The van der Waals surface area contributed by atoms with Crippen molar-refractivity contribution in [2.45, 2.75) is 19.0 Å². The zero-order chi connectivity index (χ0) is 16.6. The predicted molar refractivity (Wildman–Crippen MR) is 88.4 cm³/mol. The molecule has 7 heteroatoms. The molecule has 0 N–H and O–H groups in total. The van der Waals surface area contributed by atoms with Gasteiger partial charge in [-0.25, -0.2) is 8.42 Å². The molecule has 1 saturated heterocycles. The van der Waals surface area contributed by atoms with Crippen molar-refractivity contribution in [1.82, 2.24) is 14.1 Å². The van der Waals surface area contributed by atoms with Gasteiger partial charge in [-0.1, -0.05) is 24.3 Å². The molecule has 0 aliphatic carbocycles. The average Bonchev–Trinajstić information content (AvgIpc) is 2.53. The average molecular weight is 337 g/mol. The minimum atomic E-state index is -3.17. The summed E-state index contributed by atoms with van der Waals surface area (Å²) in [4.78, 5) is 16.7. The molecule has 2 aliphatic heterocycles. The number of sulfonamides is 1. The van der Waals surface area contributed by atoms with Gasteiger partial charge in [-0.3, -0.25) is 9.69 Å². The van der Waals surface area contributed by atoms with Crippen LogP contribution in [0.25, 0.3) is 0 Å². The van der Waals surface area contributed by atoms with Crippen molar-refractivity contribution >= 4 is 15.9 Å². The van der Waals surface area contributed by atoms with E-state index in [1.54, 1.807) is 4.90 Å². The Labute approximate surface area is 137 Å². The minimum Gasteiger partial charge on any atom is -0.339 e. The topological polar surface area (TPSA) is 60.9 Å². The fourth-order valence-corrected chi connectivity index (χ4v) is 4.21. The van der Waals surface area contributed by atoms with Crippen molar-refractivity contribution < 1.29 is 13.2 Å². The summed E-state index contributed by atoms with van der Waals surface area (Å²) in [5.74, 6) is 0.107. The molecule has 1 aromatic carbocycles. The molecular formula is C16H23N3O3S. The van der Waals surface area contributed by atoms with E-state index >= 15 is 0 Å². The maximum Gasteiger partial charge on any atom is 0.240 e. The van der Waals surface area contributed by atoms with Crippen LogP contribution in [0.2, 0.25) is 0 Å². The van der Waals surface area contributed by atoms with Gasteiger partial charge >= 0.3 is 0 Å². The molecule has 0 unspecified atom stereocenters. The third kappa shape index (κ3) is 3.41. The predicted octanol–water partition coefficient (Wildman–Crippen LogP) is 0.147. The Hall–Kier alpha value is -1.44. The molecule has 126 valence electrons. The number of carbonyl (C=O) groups excluding carboxylic acids is 1. The second-order valence-corrected chi connectivity index (χ2v) is 8.37. The van der Waals surface area contributed by atoms with Crippen molar-refractivity contribution in [3.05, 3.63) is 35.4 Å². The summed E-state index contributed by atoms with van der Waals surface area (Å²) in [6, 6.07) is 8.08. The quantitative estimate of drug-likeness (QED) is 0.771. The van der Waals surface area contributed by atoms with E-state index in [0.29, 0.717) is 26.2 Å². The van der Waals surface area contributed by atoms with Gasteiger partial charge in [0, 0.05) is 32.7 Å². The summed E-state index contributed by atoms with van der Waals surface area (Å²) in [6.45, 7) is 2.49. The van der Waals surface area contributed by atoms with E-state index in [4.69, 9.17) is 0 Å². The first-order valence-electron chi connectivity index (χ1n) is 7.87. The van der Waals surface area contributed by atoms with Crippen LogP contribution in [0.5, 0.6) is 0 Å². The molecule has 2 heterocycles. The molecule has 2 aliphatic rings. The number of piperazine rings is 1. The van der Waals surface area contributed by atoms with Crippen LogP contribution in [0.4, 0.5) is 0 Å². The van der Waals surface area contributed by atoms with Gasteiger partial charge in [-0.05, 0) is 24.6 Å². The molecular weight excluding hydrogens is 314 g/mol. The third-order valence-electron chi connectivity index (χ3n) is 4.79. The smallest absolute Gasteiger partial charge is 0.240 e. The first kappa shape index (κ1) is 16.4. The van der Waals surface area contributed by atoms with Crippen LogP contribution >= 0.6 is 0 Å². The molecule has 0 radical (unpaired) electrons. The number of likely N-dealkylation sites (N-methyl/N-ethyl adjacent to an activating group) is 1. The van der Waals surface area contributed by atoms with E-state index in [0.717, 1.165) is 13.0 Å². The summed E-state index contributed by atoms with van der Waals surface area (Å²) in [7, 11) is -1.19. The maximum atomic E-state index is 12.8. The number of carbonyl (C=O) groups is 1. The van der Waals surface area contributed by atoms with Crippen LogP contribution in [-0.4, -0.2) is 74.0 Å². The van der Waals surface area contributed by atoms with E-state index in [1.165, 1.54) is 21.7 Å². The Balaban J connectivity index is 1.68. The monoisotopic (exact) mass is 337 g/mol. The Bertz CT molecular complexity index is 696. The van der Waals surface area contributed by atoms with Crippen LogP contribution in [0.1, 0.15) is 11.1 Å². The van der Waals surface area contributed by atoms with Gasteiger partial charge in [0.2, 0.25) is 15.9 Å². The van der Waals surface area contributed by atoms with E-state index in [1.807, 2.05) is 19.2 Å². The van der Waals surface area contributed by atoms with Crippen molar-refractivity contribution in [3.8, 4) is 0 Å². The highest BCUT2D eigenvalue weighted by atomic mass is 32.2. The van der Waals surface area contributed by atoms with E-state index in [-0.39, 0.29) is 11.9 Å². The number of amides is 1. The molecule has 0 aromatic heterocycles. The second-order valence-electron chi connectivity index (χ2n) is 6.39. The summed E-state index contributed by atoms with van der Waals surface area (Å²) in [5.41, 5.74) is 2.51. The number of hydrogen-bond acceptors (Lipinski definition) is 4. The Morgan fingerprint density at radius 3 is 2.30 bits per heavy atom. The lowest BCUT2D eigenvalue weighted by Gasteiger charge is -2.39. The van der Waals surface area contributed by atoms with Crippen molar-refractivity contribution in [1.29, 1.82) is 0 Å². The zero-order valence-corrected chi connectivity index (χ0v) is 14.4. The number of hydrogen-bond donors (Lipinski definition) is 0.